The molecule has 1 aliphatic rings. The fraction of sp³-hybridized carbons (Fsp3) is 0.333. The number of rotatable bonds is 2. The Kier molecular flexibility index (Phi) is 1.54. The van der Waals surface area contributed by atoms with E-state index in [0.29, 0.717) is 12.4 Å². The lowest BCUT2D eigenvalue weighted by Gasteiger charge is -2.08. The number of benzene rings is 1. The average Bonchev–Trinajstić information content (AvgIpc) is 2.74. The van der Waals surface area contributed by atoms with Crippen LogP contribution in [-0.4, -0.2) is 12.4 Å². The maximum atomic E-state index is 12.4. The highest BCUT2D eigenvalue weighted by Gasteiger charge is 2.42. The number of hydrogen-bond donors (Lipinski definition) is 0. The molecule has 3 heteroatoms. The van der Waals surface area contributed by atoms with E-state index in [4.69, 9.17) is 9.47 Å². The first-order chi connectivity index (χ1) is 5.68. The van der Waals surface area contributed by atoms with Gasteiger partial charge in [-0.15, -0.1) is 0 Å². The van der Waals surface area contributed by atoms with E-state index < -0.39 is 5.79 Å². The van der Waals surface area contributed by atoms with Gasteiger partial charge in [-0.2, -0.15) is 0 Å². The molecule has 0 N–H and O–H groups in total. The van der Waals surface area contributed by atoms with Gasteiger partial charge in [-0.05, 0) is 24.3 Å². The minimum atomic E-state index is -0.474. The first kappa shape index (κ1) is 7.55. The Labute approximate surface area is 69.9 Å². The zero-order chi connectivity index (χ0) is 8.60. The summed E-state index contributed by atoms with van der Waals surface area (Å²) in [5.41, 5.74) is 0. The molecule has 0 amide bonds. The van der Waals surface area contributed by atoms with Crippen molar-refractivity contribution in [2.45, 2.75) is 12.7 Å². The summed E-state index contributed by atoms with van der Waals surface area (Å²) in [5.74, 6) is -0.0988. The lowest BCUT2D eigenvalue weighted by Crippen LogP contribution is -2.14. The van der Waals surface area contributed by atoms with Crippen molar-refractivity contribution < 1.29 is 13.9 Å². The van der Waals surface area contributed by atoms with Crippen molar-refractivity contribution in [3.63, 3.8) is 0 Å². The van der Waals surface area contributed by atoms with E-state index in [9.17, 15) is 4.39 Å². The largest absolute Gasteiger partial charge is 0.460 e. The monoisotopic (exact) mass is 168 g/mol. The lowest BCUT2D eigenvalue weighted by molar-refractivity contribution is 0.0802. The summed E-state index contributed by atoms with van der Waals surface area (Å²) in [7, 11) is 0. The van der Waals surface area contributed by atoms with Crippen LogP contribution < -0.4 is 4.74 Å². The van der Waals surface area contributed by atoms with Crippen molar-refractivity contribution >= 4 is 0 Å². The van der Waals surface area contributed by atoms with E-state index in [1.165, 1.54) is 12.1 Å². The second kappa shape index (κ2) is 2.45. The van der Waals surface area contributed by atoms with Crippen LogP contribution in [0.4, 0.5) is 4.39 Å². The van der Waals surface area contributed by atoms with Gasteiger partial charge in [-0.3, -0.25) is 0 Å². The highest BCUT2D eigenvalue weighted by molar-refractivity contribution is 5.23. The van der Waals surface area contributed by atoms with E-state index in [0.717, 1.165) is 0 Å². The highest BCUT2D eigenvalue weighted by atomic mass is 19.1. The summed E-state index contributed by atoms with van der Waals surface area (Å²) in [6, 6.07) is 5.90. The molecule has 0 aromatic heterocycles. The van der Waals surface area contributed by atoms with E-state index in [2.05, 4.69) is 0 Å². The van der Waals surface area contributed by atoms with Gasteiger partial charge in [0.2, 0.25) is 5.79 Å². The zero-order valence-electron chi connectivity index (χ0n) is 6.71. The van der Waals surface area contributed by atoms with Crippen LogP contribution in [0.2, 0.25) is 0 Å². The molecule has 0 saturated carbocycles. The predicted octanol–water partition coefficient (Wildman–Crippen LogP) is 1.95. The van der Waals surface area contributed by atoms with Crippen molar-refractivity contribution in [2.24, 2.45) is 0 Å². The smallest absolute Gasteiger partial charge is 0.231 e. The maximum Gasteiger partial charge on any atom is 0.231 e. The van der Waals surface area contributed by atoms with Crippen molar-refractivity contribution in [2.75, 3.05) is 6.61 Å². The van der Waals surface area contributed by atoms with Crippen LogP contribution in [0.1, 0.15) is 6.92 Å². The molecule has 0 spiro atoms. The Morgan fingerprint density at radius 2 is 2.00 bits per heavy atom. The number of epoxide rings is 1. The van der Waals surface area contributed by atoms with E-state index >= 15 is 0 Å². The zero-order valence-corrected chi connectivity index (χ0v) is 6.71. The Morgan fingerprint density at radius 1 is 1.42 bits per heavy atom. The van der Waals surface area contributed by atoms with Gasteiger partial charge >= 0.3 is 0 Å². The van der Waals surface area contributed by atoms with Crippen LogP contribution >= 0.6 is 0 Å². The Bertz CT molecular complexity index is 277. The quantitative estimate of drug-likeness (QED) is 0.629. The van der Waals surface area contributed by atoms with Crippen molar-refractivity contribution in [3.05, 3.63) is 30.1 Å². The summed E-state index contributed by atoms with van der Waals surface area (Å²) in [5, 5.41) is 0. The summed E-state index contributed by atoms with van der Waals surface area (Å²) in [6.07, 6.45) is 0. The molecule has 1 unspecified atom stereocenters. The third kappa shape index (κ3) is 1.56. The molecule has 64 valence electrons. The molecule has 1 atom stereocenters. The van der Waals surface area contributed by atoms with Crippen LogP contribution in [0.15, 0.2) is 24.3 Å². The van der Waals surface area contributed by atoms with Crippen molar-refractivity contribution in [1.82, 2.24) is 0 Å². The third-order valence-corrected chi connectivity index (χ3v) is 1.70. The van der Waals surface area contributed by atoms with Crippen LogP contribution in [-0.2, 0) is 4.74 Å². The summed E-state index contributed by atoms with van der Waals surface area (Å²) in [6.45, 7) is 2.45. The number of hydrogen-bond acceptors (Lipinski definition) is 2. The Balaban J connectivity index is 2.08. The van der Waals surface area contributed by atoms with Gasteiger partial charge < -0.3 is 9.47 Å². The van der Waals surface area contributed by atoms with Crippen molar-refractivity contribution in [1.29, 1.82) is 0 Å². The Hall–Kier alpha value is -1.09. The predicted molar refractivity (Wildman–Crippen MR) is 41.4 cm³/mol. The van der Waals surface area contributed by atoms with Gasteiger partial charge in [0.15, 0.2) is 0 Å². The normalized spacial score (nSPS) is 26.8. The number of halogens is 1. The SMILES string of the molecule is CC1(Oc2ccc(F)cc2)CO1. The average molecular weight is 168 g/mol. The van der Waals surface area contributed by atoms with Crippen LogP contribution in [0, 0.1) is 5.82 Å². The van der Waals surface area contributed by atoms with E-state index in [-0.39, 0.29) is 5.82 Å². The molecule has 2 rings (SSSR count). The second-order valence-electron chi connectivity index (χ2n) is 2.98. The van der Waals surface area contributed by atoms with Crippen LogP contribution in [0.5, 0.6) is 5.75 Å². The molecule has 1 fully saturated rings. The molecule has 1 heterocycles. The maximum absolute atomic E-state index is 12.4. The summed E-state index contributed by atoms with van der Waals surface area (Å²) in [4.78, 5) is 0. The molecular formula is C9H9FO2. The first-order valence-electron chi connectivity index (χ1n) is 3.76. The fourth-order valence-electron chi connectivity index (χ4n) is 0.912. The highest BCUT2D eigenvalue weighted by Crippen LogP contribution is 2.29. The van der Waals surface area contributed by atoms with Crippen LogP contribution in [0.3, 0.4) is 0 Å². The van der Waals surface area contributed by atoms with E-state index in [1.807, 2.05) is 6.92 Å². The number of ether oxygens (including phenoxy) is 2. The molecule has 2 nitrogen and oxygen atoms in total. The first-order valence-corrected chi connectivity index (χ1v) is 3.76. The molecule has 0 aliphatic carbocycles. The fourth-order valence-corrected chi connectivity index (χ4v) is 0.912. The van der Waals surface area contributed by atoms with Crippen LogP contribution in [0.25, 0.3) is 0 Å². The van der Waals surface area contributed by atoms with Gasteiger partial charge in [0.1, 0.15) is 18.2 Å². The molecule has 1 aromatic rings. The third-order valence-electron chi connectivity index (χ3n) is 1.70. The standard InChI is InChI=1S/C9H9FO2/c1-9(6-11-9)12-8-4-2-7(10)3-5-8/h2-5H,6H2,1H3. The summed E-state index contributed by atoms with van der Waals surface area (Å²) >= 11 is 0. The van der Waals surface area contributed by atoms with Gasteiger partial charge in [-0.25, -0.2) is 4.39 Å². The molecule has 1 saturated heterocycles. The molecule has 0 radical (unpaired) electrons. The minimum absolute atomic E-state index is 0.260. The lowest BCUT2D eigenvalue weighted by atomic mass is 10.3. The topological polar surface area (TPSA) is 21.8 Å². The van der Waals surface area contributed by atoms with Crippen molar-refractivity contribution in [3.8, 4) is 5.75 Å². The molecule has 12 heavy (non-hydrogen) atoms. The van der Waals surface area contributed by atoms with E-state index in [1.54, 1.807) is 12.1 Å². The van der Waals surface area contributed by atoms with Gasteiger partial charge in [0.05, 0.1) is 0 Å². The minimum Gasteiger partial charge on any atom is -0.460 e. The molecule has 1 aromatic carbocycles. The van der Waals surface area contributed by atoms with Gasteiger partial charge in [-0.1, -0.05) is 0 Å². The molecular weight excluding hydrogens is 159 g/mol. The van der Waals surface area contributed by atoms with Gasteiger partial charge in [0, 0.05) is 6.92 Å². The van der Waals surface area contributed by atoms with Gasteiger partial charge in [0.25, 0.3) is 0 Å². The Morgan fingerprint density at radius 3 is 2.50 bits per heavy atom. The summed E-state index contributed by atoms with van der Waals surface area (Å²) < 4.78 is 22.8. The molecule has 1 aliphatic heterocycles. The second-order valence-corrected chi connectivity index (χ2v) is 2.98. The molecule has 0 bridgehead atoms.